The number of thiophene rings is 1. The third-order valence-corrected chi connectivity index (χ3v) is 4.92. The molecular formula is C14H18N4O2S. The number of fused-ring (bicyclic) bond motifs is 3. The Bertz CT molecular complexity index is 734. The summed E-state index contributed by atoms with van der Waals surface area (Å²) in [5.74, 6) is 0.486. The summed E-state index contributed by atoms with van der Waals surface area (Å²) in [7, 11) is 1.59. The number of hydrogen-bond donors (Lipinski definition) is 3. The Balaban J connectivity index is 1.86. The number of carbonyl (C=O) groups is 1. The minimum Gasteiger partial charge on any atom is -0.358 e. The van der Waals surface area contributed by atoms with Crippen LogP contribution in [0.2, 0.25) is 0 Å². The van der Waals surface area contributed by atoms with Crippen molar-refractivity contribution in [2.24, 2.45) is 0 Å². The molecule has 1 amide bonds. The number of hydrogen-bond acceptors (Lipinski definition) is 5. The van der Waals surface area contributed by atoms with E-state index in [1.54, 1.807) is 18.4 Å². The van der Waals surface area contributed by atoms with Crippen LogP contribution in [0.5, 0.6) is 0 Å². The molecule has 0 saturated heterocycles. The summed E-state index contributed by atoms with van der Waals surface area (Å²) in [5.41, 5.74) is 1.14. The number of rotatable bonds is 4. The average Bonchev–Trinajstić information content (AvgIpc) is 2.85. The first-order valence-corrected chi connectivity index (χ1v) is 7.95. The van der Waals surface area contributed by atoms with Crippen molar-refractivity contribution < 1.29 is 4.79 Å². The van der Waals surface area contributed by atoms with Crippen molar-refractivity contribution in [3.63, 3.8) is 0 Å². The zero-order valence-electron chi connectivity index (χ0n) is 11.9. The minimum atomic E-state index is -0.0926. The maximum Gasteiger partial charge on any atom is 0.259 e. The lowest BCUT2D eigenvalue weighted by Gasteiger charge is -2.09. The highest BCUT2D eigenvalue weighted by atomic mass is 32.1. The summed E-state index contributed by atoms with van der Waals surface area (Å²) in [6, 6.07) is 0. The molecule has 0 spiro atoms. The number of carbonyl (C=O) groups excluding carboxylic acids is 1. The predicted molar refractivity (Wildman–Crippen MR) is 82.7 cm³/mol. The van der Waals surface area contributed by atoms with Gasteiger partial charge in [0.2, 0.25) is 5.91 Å². The van der Waals surface area contributed by atoms with Crippen molar-refractivity contribution in [2.45, 2.75) is 32.2 Å². The van der Waals surface area contributed by atoms with E-state index in [2.05, 4.69) is 20.6 Å². The minimum absolute atomic E-state index is 0.0591. The van der Waals surface area contributed by atoms with Gasteiger partial charge in [-0.25, -0.2) is 4.98 Å². The van der Waals surface area contributed by atoms with Crippen molar-refractivity contribution in [1.29, 1.82) is 0 Å². The molecule has 0 aromatic carbocycles. The summed E-state index contributed by atoms with van der Waals surface area (Å²) in [6.45, 7) is 0.584. The standard InChI is InChI=1S/C14H18N4O2S/c1-15-11(19)7-16-6-10-17-13(20)12-8-4-2-3-5-9(8)21-14(12)18-10/h16H,2-7H2,1H3,(H,15,19)(H,17,18,20). The monoisotopic (exact) mass is 306 g/mol. The van der Waals surface area contributed by atoms with Gasteiger partial charge in [-0.15, -0.1) is 11.3 Å². The number of aromatic amines is 1. The topological polar surface area (TPSA) is 86.9 Å². The molecule has 1 aliphatic carbocycles. The van der Waals surface area contributed by atoms with E-state index in [1.807, 2.05) is 0 Å². The summed E-state index contributed by atoms with van der Waals surface area (Å²) >= 11 is 1.63. The molecule has 2 heterocycles. The van der Waals surface area contributed by atoms with Crippen LogP contribution in [0.3, 0.4) is 0 Å². The lowest BCUT2D eigenvalue weighted by Crippen LogP contribution is -2.31. The highest BCUT2D eigenvalue weighted by molar-refractivity contribution is 7.18. The van der Waals surface area contributed by atoms with Crippen molar-refractivity contribution in [2.75, 3.05) is 13.6 Å². The lowest BCUT2D eigenvalue weighted by molar-refractivity contribution is -0.119. The Labute approximate surface area is 126 Å². The van der Waals surface area contributed by atoms with E-state index in [0.717, 1.165) is 29.5 Å². The predicted octanol–water partition coefficient (Wildman–Crippen LogP) is 0.699. The van der Waals surface area contributed by atoms with Gasteiger partial charge in [-0.05, 0) is 31.2 Å². The molecule has 2 aromatic rings. The second-order valence-corrected chi connectivity index (χ2v) is 6.26. The van der Waals surface area contributed by atoms with Crippen LogP contribution < -0.4 is 16.2 Å². The number of aromatic nitrogens is 2. The van der Waals surface area contributed by atoms with E-state index < -0.39 is 0 Å². The fourth-order valence-electron chi connectivity index (χ4n) is 2.68. The van der Waals surface area contributed by atoms with E-state index in [9.17, 15) is 9.59 Å². The SMILES string of the molecule is CNC(=O)CNCc1nc2sc3c(c2c(=O)[nH]1)CCCC3. The van der Waals surface area contributed by atoms with Gasteiger partial charge in [-0.1, -0.05) is 0 Å². The van der Waals surface area contributed by atoms with Crippen molar-refractivity contribution in [3.8, 4) is 0 Å². The van der Waals surface area contributed by atoms with Crippen LogP contribution in [0.25, 0.3) is 10.2 Å². The second-order valence-electron chi connectivity index (χ2n) is 5.18. The molecule has 0 aliphatic heterocycles. The van der Waals surface area contributed by atoms with Gasteiger partial charge < -0.3 is 15.6 Å². The normalized spacial score (nSPS) is 14.1. The van der Waals surface area contributed by atoms with Crippen LogP contribution >= 0.6 is 11.3 Å². The Morgan fingerprint density at radius 3 is 3.00 bits per heavy atom. The molecule has 0 bridgehead atoms. The molecule has 3 N–H and O–H groups in total. The first-order chi connectivity index (χ1) is 10.2. The molecule has 0 saturated carbocycles. The lowest BCUT2D eigenvalue weighted by atomic mass is 9.97. The molecule has 6 nitrogen and oxygen atoms in total. The van der Waals surface area contributed by atoms with E-state index in [0.29, 0.717) is 12.4 Å². The maximum atomic E-state index is 12.3. The van der Waals surface area contributed by atoms with Gasteiger partial charge in [-0.2, -0.15) is 0 Å². The highest BCUT2D eigenvalue weighted by Gasteiger charge is 2.19. The molecule has 1 aliphatic rings. The Morgan fingerprint density at radius 1 is 1.38 bits per heavy atom. The molecule has 0 atom stereocenters. The molecule has 0 radical (unpaired) electrons. The first kappa shape index (κ1) is 14.2. The van der Waals surface area contributed by atoms with Crippen LogP contribution in [-0.2, 0) is 24.2 Å². The number of aryl methyl sites for hydroxylation is 2. The summed E-state index contributed by atoms with van der Waals surface area (Å²) in [4.78, 5) is 32.9. The van der Waals surface area contributed by atoms with E-state index in [-0.39, 0.29) is 18.0 Å². The number of amides is 1. The van der Waals surface area contributed by atoms with Crippen LogP contribution in [0.1, 0.15) is 29.1 Å². The van der Waals surface area contributed by atoms with Gasteiger partial charge in [0.05, 0.1) is 18.5 Å². The Kier molecular flexibility index (Phi) is 4.03. The zero-order valence-corrected chi connectivity index (χ0v) is 12.7. The van der Waals surface area contributed by atoms with Gasteiger partial charge >= 0.3 is 0 Å². The van der Waals surface area contributed by atoms with Crippen LogP contribution in [0, 0.1) is 0 Å². The van der Waals surface area contributed by atoms with Gasteiger partial charge in [0, 0.05) is 11.9 Å². The number of likely N-dealkylation sites (N-methyl/N-ethyl adjacent to an activating group) is 1. The third kappa shape index (κ3) is 2.84. The number of nitrogens with zero attached hydrogens (tertiary/aromatic N) is 1. The second kappa shape index (κ2) is 5.95. The molecule has 21 heavy (non-hydrogen) atoms. The Morgan fingerprint density at radius 2 is 2.19 bits per heavy atom. The van der Waals surface area contributed by atoms with Crippen molar-refractivity contribution >= 4 is 27.5 Å². The smallest absolute Gasteiger partial charge is 0.259 e. The average molecular weight is 306 g/mol. The third-order valence-electron chi connectivity index (χ3n) is 3.73. The molecule has 2 aromatic heterocycles. The highest BCUT2D eigenvalue weighted by Crippen LogP contribution is 2.33. The van der Waals surface area contributed by atoms with Gasteiger partial charge in [0.1, 0.15) is 10.7 Å². The van der Waals surface area contributed by atoms with E-state index in [4.69, 9.17) is 0 Å². The van der Waals surface area contributed by atoms with Crippen LogP contribution in [0.4, 0.5) is 0 Å². The molecule has 112 valence electrons. The quantitative estimate of drug-likeness (QED) is 0.776. The summed E-state index contributed by atoms with van der Waals surface area (Å²) < 4.78 is 0. The maximum absolute atomic E-state index is 12.3. The van der Waals surface area contributed by atoms with E-state index >= 15 is 0 Å². The van der Waals surface area contributed by atoms with Gasteiger partial charge in [-0.3, -0.25) is 9.59 Å². The van der Waals surface area contributed by atoms with Crippen LogP contribution in [-0.4, -0.2) is 29.5 Å². The Hall–Kier alpha value is -1.73. The molecule has 7 heteroatoms. The van der Waals surface area contributed by atoms with E-state index in [1.165, 1.54) is 16.9 Å². The summed E-state index contributed by atoms with van der Waals surface area (Å²) in [5, 5.41) is 6.27. The number of H-pyrrole nitrogens is 1. The fourth-order valence-corrected chi connectivity index (χ4v) is 3.96. The van der Waals surface area contributed by atoms with Gasteiger partial charge in [0.15, 0.2) is 0 Å². The van der Waals surface area contributed by atoms with Gasteiger partial charge in [0.25, 0.3) is 5.56 Å². The molecule has 3 rings (SSSR count). The summed E-state index contributed by atoms with van der Waals surface area (Å²) in [6.07, 6.45) is 4.38. The first-order valence-electron chi connectivity index (χ1n) is 7.14. The molecule has 0 fully saturated rings. The number of nitrogens with one attached hydrogen (secondary N) is 3. The fraction of sp³-hybridized carbons (Fsp3) is 0.500. The molecule has 0 unspecified atom stereocenters. The zero-order chi connectivity index (χ0) is 14.8. The van der Waals surface area contributed by atoms with Crippen LogP contribution in [0.15, 0.2) is 4.79 Å². The molecular weight excluding hydrogens is 288 g/mol. The van der Waals surface area contributed by atoms with Crippen molar-refractivity contribution in [1.82, 2.24) is 20.6 Å². The largest absolute Gasteiger partial charge is 0.358 e. The van der Waals surface area contributed by atoms with Crippen molar-refractivity contribution in [3.05, 3.63) is 26.6 Å².